The fourth-order valence-corrected chi connectivity index (χ4v) is 1.95. The van der Waals surface area contributed by atoms with Crippen LogP contribution in [0.2, 0.25) is 0 Å². The first-order valence-electron chi connectivity index (χ1n) is 6.30. The van der Waals surface area contributed by atoms with Crippen LogP contribution in [0.15, 0.2) is 24.3 Å². The van der Waals surface area contributed by atoms with E-state index in [0.29, 0.717) is 18.5 Å². The van der Waals surface area contributed by atoms with E-state index < -0.39 is 6.61 Å². The molecule has 0 fully saturated rings. The Morgan fingerprint density at radius 2 is 1.89 bits per heavy atom. The lowest BCUT2D eigenvalue weighted by molar-refractivity contribution is -0.0505. The number of nitrogens with one attached hydrogen (secondary N) is 1. The molecule has 18 heavy (non-hydrogen) atoms. The van der Waals surface area contributed by atoms with Crippen molar-refractivity contribution in [2.45, 2.75) is 46.4 Å². The Kier molecular flexibility index (Phi) is 6.05. The Balaban J connectivity index is 2.66. The molecule has 0 aliphatic rings. The van der Waals surface area contributed by atoms with Crippen molar-refractivity contribution in [1.29, 1.82) is 0 Å². The predicted octanol–water partition coefficient (Wildman–Crippen LogP) is 3.81. The minimum atomic E-state index is -2.78. The minimum Gasteiger partial charge on any atom is -0.434 e. The molecule has 1 aromatic carbocycles. The third kappa shape index (κ3) is 4.61. The van der Waals surface area contributed by atoms with Gasteiger partial charge in [0.1, 0.15) is 5.75 Å². The molecule has 1 N–H and O–H groups in total. The lowest BCUT2D eigenvalue weighted by atomic mass is 10.0. The standard InChI is InChI=1S/C14H21F2NO/c1-4-12(10(2)3)17-9-11-7-5-6-8-13(11)18-14(15)16/h5-8,10,12,14,17H,4,9H2,1-3H3. The lowest BCUT2D eigenvalue weighted by Crippen LogP contribution is -2.32. The van der Waals surface area contributed by atoms with Crippen molar-refractivity contribution in [3.63, 3.8) is 0 Å². The van der Waals surface area contributed by atoms with E-state index >= 15 is 0 Å². The maximum atomic E-state index is 12.3. The molecule has 2 nitrogen and oxygen atoms in total. The number of benzene rings is 1. The SMILES string of the molecule is CCC(NCc1ccccc1OC(F)F)C(C)C. The molecule has 0 aliphatic heterocycles. The molecule has 0 aliphatic carbocycles. The highest BCUT2D eigenvalue weighted by Crippen LogP contribution is 2.20. The third-order valence-corrected chi connectivity index (χ3v) is 2.99. The zero-order chi connectivity index (χ0) is 13.5. The van der Waals surface area contributed by atoms with Crippen LogP contribution in [-0.4, -0.2) is 12.7 Å². The van der Waals surface area contributed by atoms with E-state index in [2.05, 4.69) is 30.8 Å². The van der Waals surface area contributed by atoms with E-state index in [9.17, 15) is 8.78 Å². The van der Waals surface area contributed by atoms with Crippen LogP contribution in [0.1, 0.15) is 32.8 Å². The van der Waals surface area contributed by atoms with Crippen LogP contribution in [0.25, 0.3) is 0 Å². The van der Waals surface area contributed by atoms with Gasteiger partial charge in [-0.3, -0.25) is 0 Å². The first kappa shape index (κ1) is 14.9. The first-order chi connectivity index (χ1) is 8.54. The topological polar surface area (TPSA) is 21.3 Å². The van der Waals surface area contributed by atoms with Gasteiger partial charge in [-0.15, -0.1) is 0 Å². The van der Waals surface area contributed by atoms with E-state index in [1.807, 2.05) is 6.07 Å². The van der Waals surface area contributed by atoms with Crippen LogP contribution < -0.4 is 10.1 Å². The van der Waals surface area contributed by atoms with Gasteiger partial charge in [0.25, 0.3) is 0 Å². The normalized spacial score (nSPS) is 13.1. The maximum absolute atomic E-state index is 12.3. The van der Waals surface area contributed by atoms with Crippen LogP contribution in [0, 0.1) is 5.92 Å². The molecule has 4 heteroatoms. The quantitative estimate of drug-likeness (QED) is 0.802. The molecular formula is C14H21F2NO. The second-order valence-electron chi connectivity index (χ2n) is 4.63. The highest BCUT2D eigenvalue weighted by atomic mass is 19.3. The fraction of sp³-hybridized carbons (Fsp3) is 0.571. The van der Waals surface area contributed by atoms with E-state index in [1.165, 1.54) is 0 Å². The number of para-hydroxylation sites is 1. The highest BCUT2D eigenvalue weighted by Gasteiger charge is 2.13. The molecule has 0 saturated heterocycles. The Morgan fingerprint density at radius 3 is 2.44 bits per heavy atom. The summed E-state index contributed by atoms with van der Waals surface area (Å²) in [6.07, 6.45) is 1.01. The zero-order valence-electron chi connectivity index (χ0n) is 11.1. The summed E-state index contributed by atoms with van der Waals surface area (Å²) >= 11 is 0. The molecule has 0 saturated carbocycles. The summed E-state index contributed by atoms with van der Waals surface area (Å²) in [5.41, 5.74) is 0.761. The Hall–Kier alpha value is -1.16. The summed E-state index contributed by atoms with van der Waals surface area (Å²) in [7, 11) is 0. The Bertz CT molecular complexity index is 355. The van der Waals surface area contributed by atoms with E-state index in [-0.39, 0.29) is 5.75 Å². The summed E-state index contributed by atoms with van der Waals surface area (Å²) < 4.78 is 29.0. The van der Waals surface area contributed by atoms with Crippen LogP contribution in [-0.2, 0) is 6.54 Å². The monoisotopic (exact) mass is 257 g/mol. The van der Waals surface area contributed by atoms with Gasteiger partial charge in [0, 0.05) is 18.2 Å². The molecule has 1 aromatic rings. The molecule has 0 spiro atoms. The molecule has 1 rings (SSSR count). The average molecular weight is 257 g/mol. The first-order valence-corrected chi connectivity index (χ1v) is 6.30. The minimum absolute atomic E-state index is 0.249. The van der Waals surface area contributed by atoms with Gasteiger partial charge in [-0.05, 0) is 18.4 Å². The van der Waals surface area contributed by atoms with Crippen molar-refractivity contribution in [3.05, 3.63) is 29.8 Å². The fourth-order valence-electron chi connectivity index (χ4n) is 1.95. The third-order valence-electron chi connectivity index (χ3n) is 2.99. The molecule has 0 bridgehead atoms. The molecular weight excluding hydrogens is 236 g/mol. The Morgan fingerprint density at radius 1 is 1.22 bits per heavy atom. The highest BCUT2D eigenvalue weighted by molar-refractivity contribution is 5.33. The second kappa shape index (κ2) is 7.31. The van der Waals surface area contributed by atoms with Gasteiger partial charge in [0.15, 0.2) is 0 Å². The van der Waals surface area contributed by atoms with Gasteiger partial charge in [-0.1, -0.05) is 39.0 Å². The van der Waals surface area contributed by atoms with E-state index in [0.717, 1.165) is 12.0 Å². The Labute approximate surface area is 107 Å². The smallest absolute Gasteiger partial charge is 0.387 e. The number of alkyl halides is 2. The lowest BCUT2D eigenvalue weighted by Gasteiger charge is -2.21. The molecule has 1 unspecified atom stereocenters. The molecule has 0 aromatic heterocycles. The van der Waals surface area contributed by atoms with Gasteiger partial charge < -0.3 is 10.1 Å². The van der Waals surface area contributed by atoms with Crippen LogP contribution in [0.4, 0.5) is 8.78 Å². The molecule has 0 amide bonds. The second-order valence-corrected chi connectivity index (χ2v) is 4.63. The van der Waals surface area contributed by atoms with E-state index in [1.54, 1.807) is 18.2 Å². The summed E-state index contributed by atoms with van der Waals surface area (Å²) in [6, 6.07) is 7.27. The van der Waals surface area contributed by atoms with Gasteiger partial charge in [-0.25, -0.2) is 0 Å². The summed E-state index contributed by atoms with van der Waals surface area (Å²) in [5.74, 6) is 0.761. The number of hydrogen-bond donors (Lipinski definition) is 1. The zero-order valence-corrected chi connectivity index (χ0v) is 11.1. The van der Waals surface area contributed by atoms with Crippen LogP contribution in [0.5, 0.6) is 5.75 Å². The van der Waals surface area contributed by atoms with Gasteiger partial charge in [-0.2, -0.15) is 8.78 Å². The number of ether oxygens (including phenoxy) is 1. The number of hydrogen-bond acceptors (Lipinski definition) is 2. The predicted molar refractivity (Wildman–Crippen MR) is 68.8 cm³/mol. The summed E-state index contributed by atoms with van der Waals surface area (Å²) in [6.45, 7) is 4.16. The van der Waals surface area contributed by atoms with Crippen molar-refractivity contribution < 1.29 is 13.5 Å². The molecule has 0 heterocycles. The summed E-state index contributed by atoms with van der Waals surface area (Å²) in [4.78, 5) is 0. The number of halogens is 2. The van der Waals surface area contributed by atoms with Crippen LogP contribution >= 0.6 is 0 Å². The summed E-state index contributed by atoms with van der Waals surface area (Å²) in [5, 5.41) is 3.37. The van der Waals surface area contributed by atoms with Crippen molar-refractivity contribution >= 4 is 0 Å². The van der Waals surface area contributed by atoms with Crippen molar-refractivity contribution in [2.75, 3.05) is 0 Å². The largest absolute Gasteiger partial charge is 0.434 e. The van der Waals surface area contributed by atoms with Crippen molar-refractivity contribution in [2.24, 2.45) is 5.92 Å². The van der Waals surface area contributed by atoms with Crippen molar-refractivity contribution in [1.82, 2.24) is 5.32 Å². The van der Waals surface area contributed by atoms with Gasteiger partial charge in [0.2, 0.25) is 0 Å². The molecule has 1 atom stereocenters. The molecule has 0 radical (unpaired) electrons. The number of rotatable bonds is 7. The molecule has 102 valence electrons. The van der Waals surface area contributed by atoms with Crippen LogP contribution in [0.3, 0.4) is 0 Å². The van der Waals surface area contributed by atoms with Gasteiger partial charge >= 0.3 is 6.61 Å². The maximum Gasteiger partial charge on any atom is 0.387 e. The van der Waals surface area contributed by atoms with Crippen molar-refractivity contribution in [3.8, 4) is 5.75 Å². The van der Waals surface area contributed by atoms with Gasteiger partial charge in [0.05, 0.1) is 0 Å². The van der Waals surface area contributed by atoms with E-state index in [4.69, 9.17) is 0 Å². The average Bonchev–Trinajstić information content (AvgIpc) is 2.30.